The number of nitrogens with zero attached hydrogens (tertiary/aromatic N) is 2. The maximum Gasteiger partial charge on any atom is 0.254 e. The van der Waals surface area contributed by atoms with Gasteiger partial charge in [0.25, 0.3) is 5.91 Å². The first kappa shape index (κ1) is 14.0. The number of ether oxygens (including phenoxy) is 1. The summed E-state index contributed by atoms with van der Waals surface area (Å²) >= 11 is 0. The quantitative estimate of drug-likeness (QED) is 0.846. The van der Waals surface area contributed by atoms with E-state index in [-0.39, 0.29) is 24.5 Å². The summed E-state index contributed by atoms with van der Waals surface area (Å²) in [5, 5.41) is 11.3. The number of hydrogen-bond donors (Lipinski definition) is 1. The van der Waals surface area contributed by atoms with Gasteiger partial charge in [-0.1, -0.05) is 6.07 Å². The molecular weight excluding hydrogens is 258 g/mol. The number of nitriles is 1. The first-order valence-electron chi connectivity index (χ1n) is 6.25. The fourth-order valence-corrected chi connectivity index (χ4v) is 1.88. The first-order valence-corrected chi connectivity index (χ1v) is 6.25. The molecule has 0 spiro atoms. The van der Waals surface area contributed by atoms with Crippen LogP contribution in [0.3, 0.4) is 0 Å². The molecule has 0 unspecified atom stereocenters. The minimum atomic E-state index is -0.184. The molecule has 1 N–H and O–H groups in total. The molecule has 1 saturated heterocycles. The van der Waals surface area contributed by atoms with E-state index >= 15 is 0 Å². The molecule has 0 bridgehead atoms. The number of benzene rings is 1. The average Bonchev–Trinajstić information content (AvgIpc) is 2.45. The second kappa shape index (κ2) is 6.17. The topological polar surface area (TPSA) is 82.4 Å². The molecule has 0 radical (unpaired) electrons. The lowest BCUT2D eigenvalue weighted by Crippen LogP contribution is -2.55. The summed E-state index contributed by atoms with van der Waals surface area (Å²) in [4.78, 5) is 24.8. The van der Waals surface area contributed by atoms with Gasteiger partial charge in [-0.05, 0) is 18.2 Å². The van der Waals surface area contributed by atoms with Crippen molar-refractivity contribution in [2.45, 2.75) is 6.10 Å². The molecule has 0 saturated carbocycles. The fraction of sp³-hybridized carbons (Fsp3) is 0.357. The van der Waals surface area contributed by atoms with Crippen LogP contribution in [-0.2, 0) is 9.53 Å². The molecule has 0 aliphatic carbocycles. The Morgan fingerprint density at radius 1 is 1.50 bits per heavy atom. The maximum atomic E-state index is 12.1. The van der Waals surface area contributed by atoms with Gasteiger partial charge < -0.3 is 15.0 Å². The van der Waals surface area contributed by atoms with Gasteiger partial charge in [0.15, 0.2) is 0 Å². The Kier molecular flexibility index (Phi) is 4.33. The summed E-state index contributed by atoms with van der Waals surface area (Å²) in [5.74, 6) is -0.307. The predicted molar refractivity (Wildman–Crippen MR) is 70.9 cm³/mol. The van der Waals surface area contributed by atoms with E-state index in [1.54, 1.807) is 36.2 Å². The Bertz CT molecular complexity index is 559. The number of rotatable bonds is 4. The Balaban J connectivity index is 1.84. The van der Waals surface area contributed by atoms with Crippen molar-refractivity contribution in [3.63, 3.8) is 0 Å². The number of nitrogens with one attached hydrogen (secondary N) is 1. The molecule has 0 aromatic heterocycles. The van der Waals surface area contributed by atoms with Crippen LogP contribution >= 0.6 is 0 Å². The van der Waals surface area contributed by atoms with Crippen molar-refractivity contribution in [1.29, 1.82) is 5.26 Å². The van der Waals surface area contributed by atoms with Crippen LogP contribution in [0.15, 0.2) is 24.3 Å². The highest BCUT2D eigenvalue weighted by Gasteiger charge is 2.32. The van der Waals surface area contributed by atoms with Gasteiger partial charge in [0.05, 0.1) is 17.7 Å². The number of likely N-dealkylation sites (N-methyl/N-ethyl adjacent to an activating group) is 1. The molecule has 104 valence electrons. The average molecular weight is 273 g/mol. The summed E-state index contributed by atoms with van der Waals surface area (Å²) in [5.41, 5.74) is 0.956. The van der Waals surface area contributed by atoms with E-state index in [0.29, 0.717) is 24.2 Å². The van der Waals surface area contributed by atoms with Crippen molar-refractivity contribution in [3.8, 4) is 6.07 Å². The minimum absolute atomic E-state index is 0.00706. The molecule has 1 aliphatic heterocycles. The van der Waals surface area contributed by atoms with Crippen molar-refractivity contribution >= 4 is 11.8 Å². The molecule has 6 heteroatoms. The predicted octanol–water partition coefficient (Wildman–Crippen LogP) is 0.145. The molecule has 1 fully saturated rings. The highest BCUT2D eigenvalue weighted by molar-refractivity contribution is 5.95. The largest absolute Gasteiger partial charge is 0.365 e. The van der Waals surface area contributed by atoms with Gasteiger partial charge in [0.2, 0.25) is 5.91 Å². The Hall–Kier alpha value is -2.39. The van der Waals surface area contributed by atoms with Crippen LogP contribution in [0, 0.1) is 11.3 Å². The molecule has 20 heavy (non-hydrogen) atoms. The second-order valence-corrected chi connectivity index (χ2v) is 4.51. The van der Waals surface area contributed by atoms with Crippen LogP contribution in [0.1, 0.15) is 15.9 Å². The molecule has 2 rings (SSSR count). The van der Waals surface area contributed by atoms with E-state index in [4.69, 9.17) is 10.00 Å². The summed E-state index contributed by atoms with van der Waals surface area (Å²) in [7, 11) is 1.55. The zero-order valence-electron chi connectivity index (χ0n) is 11.1. The van der Waals surface area contributed by atoms with E-state index in [1.165, 1.54) is 0 Å². The molecule has 1 heterocycles. The highest BCUT2D eigenvalue weighted by atomic mass is 16.5. The van der Waals surface area contributed by atoms with Gasteiger partial charge in [-0.3, -0.25) is 9.59 Å². The SMILES string of the molecule is CNC(=O)COC1CN(C(=O)c2cccc(C#N)c2)C1. The summed E-state index contributed by atoms with van der Waals surface area (Å²) in [6.07, 6.45) is -0.101. The third-order valence-electron chi connectivity index (χ3n) is 3.10. The van der Waals surface area contributed by atoms with Crippen LogP contribution in [0.4, 0.5) is 0 Å². The van der Waals surface area contributed by atoms with Gasteiger partial charge in [-0.15, -0.1) is 0 Å². The Labute approximate surface area is 116 Å². The van der Waals surface area contributed by atoms with Crippen LogP contribution in [0.2, 0.25) is 0 Å². The normalized spacial score (nSPS) is 14.3. The molecule has 1 aliphatic rings. The second-order valence-electron chi connectivity index (χ2n) is 4.51. The van der Waals surface area contributed by atoms with Crippen molar-refractivity contribution in [1.82, 2.24) is 10.2 Å². The molecule has 0 atom stereocenters. The fourth-order valence-electron chi connectivity index (χ4n) is 1.88. The van der Waals surface area contributed by atoms with Crippen molar-refractivity contribution < 1.29 is 14.3 Å². The van der Waals surface area contributed by atoms with E-state index in [1.807, 2.05) is 6.07 Å². The number of amides is 2. The molecule has 1 aromatic rings. The van der Waals surface area contributed by atoms with Crippen LogP contribution < -0.4 is 5.32 Å². The number of hydrogen-bond acceptors (Lipinski definition) is 4. The first-order chi connectivity index (χ1) is 9.63. The lowest BCUT2D eigenvalue weighted by molar-refractivity contribution is -0.130. The number of likely N-dealkylation sites (tertiary alicyclic amines) is 1. The number of carbonyl (C=O) groups is 2. The van der Waals surface area contributed by atoms with E-state index in [9.17, 15) is 9.59 Å². The molecule has 6 nitrogen and oxygen atoms in total. The monoisotopic (exact) mass is 273 g/mol. The van der Waals surface area contributed by atoms with Crippen LogP contribution in [0.5, 0.6) is 0 Å². The molecular formula is C14H15N3O3. The van der Waals surface area contributed by atoms with Crippen molar-refractivity contribution in [2.75, 3.05) is 26.7 Å². The Morgan fingerprint density at radius 2 is 2.25 bits per heavy atom. The van der Waals surface area contributed by atoms with Crippen LogP contribution in [-0.4, -0.2) is 49.6 Å². The standard InChI is InChI=1S/C14H15N3O3/c1-16-13(18)9-20-12-7-17(8-12)14(19)11-4-2-3-10(5-11)6-15/h2-5,12H,7-9H2,1H3,(H,16,18). The van der Waals surface area contributed by atoms with E-state index in [2.05, 4.69) is 5.32 Å². The van der Waals surface area contributed by atoms with Crippen LogP contribution in [0.25, 0.3) is 0 Å². The summed E-state index contributed by atoms with van der Waals surface area (Å²) in [6, 6.07) is 8.60. The van der Waals surface area contributed by atoms with Gasteiger partial charge in [-0.25, -0.2) is 0 Å². The highest BCUT2D eigenvalue weighted by Crippen LogP contribution is 2.16. The maximum absolute atomic E-state index is 12.1. The summed E-state index contributed by atoms with van der Waals surface area (Å²) < 4.78 is 5.33. The van der Waals surface area contributed by atoms with E-state index in [0.717, 1.165) is 0 Å². The molecule has 1 aromatic carbocycles. The van der Waals surface area contributed by atoms with Gasteiger partial charge in [0.1, 0.15) is 6.61 Å². The smallest absolute Gasteiger partial charge is 0.254 e. The lowest BCUT2D eigenvalue weighted by Gasteiger charge is -2.38. The molecule has 2 amide bonds. The van der Waals surface area contributed by atoms with E-state index < -0.39 is 0 Å². The van der Waals surface area contributed by atoms with Gasteiger partial charge in [-0.2, -0.15) is 5.26 Å². The zero-order chi connectivity index (χ0) is 14.5. The van der Waals surface area contributed by atoms with Gasteiger partial charge >= 0.3 is 0 Å². The lowest BCUT2D eigenvalue weighted by atomic mass is 10.1. The number of carbonyl (C=O) groups excluding carboxylic acids is 2. The minimum Gasteiger partial charge on any atom is -0.365 e. The van der Waals surface area contributed by atoms with Gasteiger partial charge in [0, 0.05) is 25.7 Å². The van der Waals surface area contributed by atoms with Crippen molar-refractivity contribution in [3.05, 3.63) is 35.4 Å². The third kappa shape index (κ3) is 3.13. The third-order valence-corrected chi connectivity index (χ3v) is 3.10. The Morgan fingerprint density at radius 3 is 2.90 bits per heavy atom. The summed E-state index contributed by atoms with van der Waals surface area (Å²) in [6.45, 7) is 0.937. The zero-order valence-corrected chi connectivity index (χ0v) is 11.1. The van der Waals surface area contributed by atoms with Crippen molar-refractivity contribution in [2.24, 2.45) is 0 Å².